The zero-order valence-electron chi connectivity index (χ0n) is 12.0. The van der Waals surface area contributed by atoms with Crippen molar-refractivity contribution in [2.75, 3.05) is 6.54 Å². The molecule has 124 valence electrons. The SMILES string of the molecule is Cc1cc(OC(F)F)c(C(=O)NCCc2cc(F)cc(F)c2)s1. The van der Waals surface area contributed by atoms with Crippen LogP contribution < -0.4 is 10.1 Å². The van der Waals surface area contributed by atoms with Gasteiger partial charge in [0.2, 0.25) is 0 Å². The maximum Gasteiger partial charge on any atom is 0.387 e. The lowest BCUT2D eigenvalue weighted by Gasteiger charge is -2.07. The second-order valence-corrected chi connectivity index (χ2v) is 5.97. The molecule has 3 nitrogen and oxygen atoms in total. The third-order valence-corrected chi connectivity index (χ3v) is 3.90. The van der Waals surface area contributed by atoms with Crippen LogP contribution in [0.2, 0.25) is 0 Å². The Morgan fingerprint density at radius 2 is 1.87 bits per heavy atom. The highest BCUT2D eigenvalue weighted by atomic mass is 32.1. The molecule has 1 aromatic heterocycles. The number of carbonyl (C=O) groups excluding carboxylic acids is 1. The molecule has 23 heavy (non-hydrogen) atoms. The Morgan fingerprint density at radius 1 is 1.22 bits per heavy atom. The number of hydrogen-bond acceptors (Lipinski definition) is 3. The van der Waals surface area contributed by atoms with Gasteiger partial charge in [0, 0.05) is 17.5 Å². The van der Waals surface area contributed by atoms with Crippen molar-refractivity contribution in [2.45, 2.75) is 20.0 Å². The molecule has 0 aliphatic rings. The van der Waals surface area contributed by atoms with Gasteiger partial charge in [-0.2, -0.15) is 8.78 Å². The molecule has 0 atom stereocenters. The number of alkyl halides is 2. The second-order valence-electron chi connectivity index (χ2n) is 4.71. The molecular weight excluding hydrogens is 334 g/mol. The monoisotopic (exact) mass is 347 g/mol. The van der Waals surface area contributed by atoms with Gasteiger partial charge < -0.3 is 10.1 Å². The zero-order valence-corrected chi connectivity index (χ0v) is 12.9. The predicted molar refractivity (Wildman–Crippen MR) is 78.1 cm³/mol. The molecule has 1 aromatic carbocycles. The lowest BCUT2D eigenvalue weighted by Crippen LogP contribution is -2.25. The number of carbonyl (C=O) groups is 1. The summed E-state index contributed by atoms with van der Waals surface area (Å²) in [5, 5.41) is 2.52. The zero-order chi connectivity index (χ0) is 17.0. The van der Waals surface area contributed by atoms with Gasteiger partial charge in [-0.1, -0.05) is 0 Å². The largest absolute Gasteiger partial charge is 0.433 e. The van der Waals surface area contributed by atoms with Crippen LogP contribution in [0.1, 0.15) is 20.1 Å². The average Bonchev–Trinajstić information content (AvgIpc) is 2.77. The van der Waals surface area contributed by atoms with Gasteiger partial charge in [0.1, 0.15) is 22.3 Å². The minimum absolute atomic E-state index is 0.0354. The van der Waals surface area contributed by atoms with Gasteiger partial charge >= 0.3 is 6.61 Å². The van der Waals surface area contributed by atoms with Crippen molar-refractivity contribution < 1.29 is 27.1 Å². The van der Waals surface area contributed by atoms with Gasteiger partial charge in [0.15, 0.2) is 0 Å². The van der Waals surface area contributed by atoms with E-state index in [1.54, 1.807) is 6.92 Å². The molecule has 0 spiro atoms. The van der Waals surface area contributed by atoms with E-state index in [1.807, 2.05) is 0 Å². The van der Waals surface area contributed by atoms with Gasteiger partial charge in [0.05, 0.1) is 0 Å². The van der Waals surface area contributed by atoms with E-state index in [9.17, 15) is 22.4 Å². The van der Waals surface area contributed by atoms with Crippen molar-refractivity contribution >= 4 is 17.2 Å². The topological polar surface area (TPSA) is 38.3 Å². The number of thiophene rings is 1. The van der Waals surface area contributed by atoms with E-state index < -0.39 is 24.2 Å². The highest BCUT2D eigenvalue weighted by Crippen LogP contribution is 2.30. The molecule has 0 fully saturated rings. The van der Waals surface area contributed by atoms with Crippen LogP contribution in [-0.4, -0.2) is 19.1 Å². The van der Waals surface area contributed by atoms with Crippen molar-refractivity contribution in [3.63, 3.8) is 0 Å². The van der Waals surface area contributed by atoms with E-state index in [0.29, 0.717) is 10.4 Å². The molecule has 2 rings (SSSR count). The van der Waals surface area contributed by atoms with Gasteiger partial charge in [-0.25, -0.2) is 8.78 Å². The first-order valence-corrected chi connectivity index (χ1v) is 7.45. The van der Waals surface area contributed by atoms with Crippen molar-refractivity contribution in [2.24, 2.45) is 0 Å². The standard InChI is InChI=1S/C15H13F4NO2S/c1-8-4-12(22-15(18)19)13(23-8)14(21)20-3-2-9-5-10(16)7-11(17)6-9/h4-7,15H,2-3H2,1H3,(H,20,21). The molecule has 0 aliphatic carbocycles. The molecule has 8 heteroatoms. The summed E-state index contributed by atoms with van der Waals surface area (Å²) in [5.41, 5.74) is 0.384. The summed E-state index contributed by atoms with van der Waals surface area (Å²) in [7, 11) is 0. The number of benzene rings is 1. The Morgan fingerprint density at radius 3 is 2.48 bits per heavy atom. The average molecular weight is 347 g/mol. The van der Waals surface area contributed by atoms with Crippen LogP contribution in [0.3, 0.4) is 0 Å². The van der Waals surface area contributed by atoms with E-state index in [0.717, 1.165) is 29.5 Å². The maximum atomic E-state index is 13.0. The fraction of sp³-hybridized carbons (Fsp3) is 0.267. The van der Waals surface area contributed by atoms with Gasteiger partial charge in [-0.3, -0.25) is 4.79 Å². The summed E-state index contributed by atoms with van der Waals surface area (Å²) in [4.78, 5) is 12.7. The van der Waals surface area contributed by atoms with Crippen LogP contribution in [-0.2, 0) is 6.42 Å². The van der Waals surface area contributed by atoms with Crippen molar-refractivity contribution in [1.82, 2.24) is 5.32 Å². The number of amides is 1. The van der Waals surface area contributed by atoms with Gasteiger partial charge in [0.25, 0.3) is 5.91 Å². The fourth-order valence-corrected chi connectivity index (χ4v) is 2.85. The summed E-state index contributed by atoms with van der Waals surface area (Å²) in [6.45, 7) is -1.26. The van der Waals surface area contributed by atoms with Gasteiger partial charge in [-0.05, 0) is 37.1 Å². The van der Waals surface area contributed by atoms with E-state index in [2.05, 4.69) is 10.1 Å². The number of halogens is 4. The summed E-state index contributed by atoms with van der Waals surface area (Å²) >= 11 is 1.03. The lowest BCUT2D eigenvalue weighted by atomic mass is 10.1. The van der Waals surface area contributed by atoms with Crippen LogP contribution in [0.4, 0.5) is 17.6 Å². The number of hydrogen-bond donors (Lipinski definition) is 1. The Bertz CT molecular complexity index is 683. The van der Waals surface area contributed by atoms with E-state index >= 15 is 0 Å². The molecule has 0 bridgehead atoms. The molecule has 0 saturated carbocycles. The molecule has 1 heterocycles. The molecule has 0 saturated heterocycles. The first-order chi connectivity index (χ1) is 10.8. The third kappa shape index (κ3) is 4.95. The molecule has 0 radical (unpaired) electrons. The molecular formula is C15H13F4NO2S. The predicted octanol–water partition coefficient (Wildman–Crippen LogP) is 3.91. The Balaban J connectivity index is 1.97. The van der Waals surface area contributed by atoms with E-state index in [4.69, 9.17) is 0 Å². The fourth-order valence-electron chi connectivity index (χ4n) is 1.99. The van der Waals surface area contributed by atoms with E-state index in [1.165, 1.54) is 6.07 Å². The lowest BCUT2D eigenvalue weighted by molar-refractivity contribution is -0.0498. The molecule has 0 unspecified atom stereocenters. The first kappa shape index (κ1) is 17.3. The van der Waals surface area contributed by atoms with Crippen molar-refractivity contribution in [3.05, 3.63) is 51.2 Å². The molecule has 1 N–H and O–H groups in total. The van der Waals surface area contributed by atoms with Crippen LogP contribution in [0.5, 0.6) is 5.75 Å². The minimum Gasteiger partial charge on any atom is -0.433 e. The minimum atomic E-state index is -3.02. The van der Waals surface area contributed by atoms with Crippen LogP contribution in [0.25, 0.3) is 0 Å². The number of ether oxygens (including phenoxy) is 1. The summed E-state index contributed by atoms with van der Waals surface area (Å²) < 4.78 is 55.0. The summed E-state index contributed by atoms with van der Waals surface area (Å²) in [6, 6.07) is 4.43. The number of rotatable bonds is 6. The van der Waals surface area contributed by atoms with Crippen LogP contribution >= 0.6 is 11.3 Å². The normalized spacial score (nSPS) is 10.9. The van der Waals surface area contributed by atoms with Crippen molar-refractivity contribution in [3.8, 4) is 5.75 Å². The van der Waals surface area contributed by atoms with Crippen LogP contribution in [0.15, 0.2) is 24.3 Å². The maximum absolute atomic E-state index is 13.0. The molecule has 0 aliphatic heterocycles. The Labute approximate surface area is 133 Å². The smallest absolute Gasteiger partial charge is 0.387 e. The highest BCUT2D eigenvalue weighted by Gasteiger charge is 2.19. The summed E-state index contributed by atoms with van der Waals surface area (Å²) in [6.07, 6.45) is 0.204. The molecule has 2 aromatic rings. The Hall–Kier alpha value is -2.09. The Kier molecular flexibility index (Phi) is 5.59. The third-order valence-electron chi connectivity index (χ3n) is 2.87. The first-order valence-electron chi connectivity index (χ1n) is 6.63. The second kappa shape index (κ2) is 7.45. The van der Waals surface area contributed by atoms with Crippen LogP contribution in [0, 0.1) is 18.6 Å². The highest BCUT2D eigenvalue weighted by molar-refractivity contribution is 7.14. The number of aryl methyl sites for hydroxylation is 1. The van der Waals surface area contributed by atoms with Gasteiger partial charge in [-0.15, -0.1) is 11.3 Å². The number of nitrogens with one attached hydrogen (secondary N) is 1. The summed E-state index contributed by atoms with van der Waals surface area (Å²) in [5.74, 6) is -2.16. The quantitative estimate of drug-likeness (QED) is 0.805. The van der Waals surface area contributed by atoms with Crippen molar-refractivity contribution in [1.29, 1.82) is 0 Å². The van der Waals surface area contributed by atoms with E-state index in [-0.39, 0.29) is 23.6 Å². The molecule has 1 amide bonds.